The summed E-state index contributed by atoms with van der Waals surface area (Å²) in [6.45, 7) is 0.669. The van der Waals surface area contributed by atoms with Crippen LogP contribution in [0.1, 0.15) is 5.56 Å². The van der Waals surface area contributed by atoms with E-state index >= 15 is 0 Å². The first-order valence-electron chi connectivity index (χ1n) is 9.31. The molecule has 2 aromatic heterocycles. The number of nitrogens with zero attached hydrogens (tertiary/aromatic N) is 3. The number of benzene rings is 3. The highest BCUT2D eigenvalue weighted by atomic mass is 15.3. The van der Waals surface area contributed by atoms with Crippen LogP contribution in [0.4, 0.5) is 23.0 Å². The summed E-state index contributed by atoms with van der Waals surface area (Å²) in [6, 6.07) is 24.1. The van der Waals surface area contributed by atoms with Crippen molar-refractivity contribution in [1.82, 2.24) is 20.4 Å². The number of pyridine rings is 1. The molecule has 7 heteroatoms. The van der Waals surface area contributed by atoms with Gasteiger partial charge in [-0.05, 0) is 46.7 Å². The van der Waals surface area contributed by atoms with Gasteiger partial charge in [0, 0.05) is 12.2 Å². The Kier molecular flexibility index (Phi) is 4.18. The summed E-state index contributed by atoms with van der Waals surface area (Å²) >= 11 is 0. The molecular formula is C22H19N7. The van der Waals surface area contributed by atoms with Crippen molar-refractivity contribution in [2.24, 2.45) is 0 Å². The molecule has 142 valence electrons. The quantitative estimate of drug-likeness (QED) is 0.359. The van der Waals surface area contributed by atoms with Crippen LogP contribution in [0.3, 0.4) is 0 Å². The molecule has 0 radical (unpaired) electrons. The molecule has 0 atom stereocenters. The van der Waals surface area contributed by atoms with Gasteiger partial charge in [-0.1, -0.05) is 42.5 Å². The maximum absolute atomic E-state index is 6.12. The summed E-state index contributed by atoms with van der Waals surface area (Å²) in [6.07, 6.45) is 0. The summed E-state index contributed by atoms with van der Waals surface area (Å²) in [5, 5.41) is 19.9. The van der Waals surface area contributed by atoms with E-state index in [1.807, 2.05) is 30.3 Å². The number of aromatic amines is 1. The number of nitrogens with one attached hydrogen (secondary N) is 3. The molecule has 0 bridgehead atoms. The fraction of sp³-hybridized carbons (Fsp3) is 0.0455. The summed E-state index contributed by atoms with van der Waals surface area (Å²) in [7, 11) is 0. The lowest BCUT2D eigenvalue weighted by atomic mass is 10.0. The van der Waals surface area contributed by atoms with Gasteiger partial charge in [-0.3, -0.25) is 0 Å². The van der Waals surface area contributed by atoms with Gasteiger partial charge in [-0.25, -0.2) is 4.98 Å². The number of H-pyrrole nitrogens is 1. The van der Waals surface area contributed by atoms with Crippen LogP contribution < -0.4 is 16.4 Å². The Balaban J connectivity index is 1.37. The molecule has 0 saturated heterocycles. The van der Waals surface area contributed by atoms with E-state index in [4.69, 9.17) is 5.73 Å². The molecule has 0 amide bonds. The molecule has 0 spiro atoms. The second-order valence-corrected chi connectivity index (χ2v) is 6.78. The molecule has 0 fully saturated rings. The Hall–Kier alpha value is -4.13. The molecule has 29 heavy (non-hydrogen) atoms. The number of rotatable bonds is 5. The minimum absolute atomic E-state index is 0.570. The smallest absolute Gasteiger partial charge is 0.156 e. The highest BCUT2D eigenvalue weighted by Crippen LogP contribution is 2.25. The molecule has 0 saturated carbocycles. The van der Waals surface area contributed by atoms with E-state index in [9.17, 15) is 0 Å². The second-order valence-electron chi connectivity index (χ2n) is 6.78. The molecule has 0 aliphatic rings. The monoisotopic (exact) mass is 381 g/mol. The standard InChI is InChI=1S/C22H19N7/c23-18-9-11-21(24-13-15-6-3-5-14-4-1-2-7-17(14)15)26-22(18)25-16-8-10-19-20(12-16)28-29-27-19/h1-12H,13,23H2,(H2,24,25,26)(H,27,28,29). The Bertz CT molecular complexity index is 1300. The molecule has 5 rings (SSSR count). The highest BCUT2D eigenvalue weighted by Gasteiger charge is 2.07. The van der Waals surface area contributed by atoms with Crippen molar-refractivity contribution in [2.75, 3.05) is 16.4 Å². The zero-order valence-corrected chi connectivity index (χ0v) is 15.6. The van der Waals surface area contributed by atoms with E-state index in [2.05, 4.69) is 73.5 Å². The van der Waals surface area contributed by atoms with Crippen molar-refractivity contribution in [3.8, 4) is 0 Å². The average Bonchev–Trinajstić information content (AvgIpc) is 3.22. The Morgan fingerprint density at radius 2 is 1.72 bits per heavy atom. The predicted octanol–water partition coefficient (Wildman–Crippen LogP) is 4.44. The van der Waals surface area contributed by atoms with Gasteiger partial charge in [0.2, 0.25) is 0 Å². The third kappa shape index (κ3) is 3.41. The predicted molar refractivity (Wildman–Crippen MR) is 117 cm³/mol. The van der Waals surface area contributed by atoms with Gasteiger partial charge in [0.25, 0.3) is 0 Å². The molecule has 3 aromatic carbocycles. The van der Waals surface area contributed by atoms with Crippen molar-refractivity contribution in [3.05, 3.63) is 78.4 Å². The van der Waals surface area contributed by atoms with Crippen molar-refractivity contribution >= 4 is 44.8 Å². The third-order valence-corrected chi connectivity index (χ3v) is 4.85. The molecule has 0 aliphatic heterocycles. The Morgan fingerprint density at radius 1 is 0.862 bits per heavy atom. The summed E-state index contributed by atoms with van der Waals surface area (Å²) < 4.78 is 0. The van der Waals surface area contributed by atoms with Crippen LogP contribution in [0.5, 0.6) is 0 Å². The largest absolute Gasteiger partial charge is 0.396 e. The SMILES string of the molecule is Nc1ccc(NCc2cccc3ccccc23)nc1Nc1ccc2n[nH]nc2c1. The molecule has 2 heterocycles. The van der Waals surface area contributed by atoms with Crippen LogP contribution in [0.15, 0.2) is 72.8 Å². The minimum atomic E-state index is 0.570. The number of hydrogen-bond acceptors (Lipinski definition) is 6. The number of anilines is 4. The van der Waals surface area contributed by atoms with Crippen molar-refractivity contribution < 1.29 is 0 Å². The van der Waals surface area contributed by atoms with Crippen molar-refractivity contribution in [3.63, 3.8) is 0 Å². The number of nitrogens with two attached hydrogens (primary N) is 1. The summed E-state index contributed by atoms with van der Waals surface area (Å²) in [5.41, 5.74) is 10.3. The van der Waals surface area contributed by atoms with E-state index in [-0.39, 0.29) is 0 Å². The first kappa shape index (κ1) is 17.0. The first-order valence-corrected chi connectivity index (χ1v) is 9.31. The zero-order chi connectivity index (χ0) is 19.6. The van der Waals surface area contributed by atoms with Crippen LogP contribution in [0.2, 0.25) is 0 Å². The van der Waals surface area contributed by atoms with Crippen LogP contribution in [0, 0.1) is 0 Å². The maximum atomic E-state index is 6.12. The summed E-state index contributed by atoms with van der Waals surface area (Å²) in [4.78, 5) is 4.64. The van der Waals surface area contributed by atoms with Crippen LogP contribution in [-0.4, -0.2) is 20.4 Å². The fourth-order valence-corrected chi connectivity index (χ4v) is 3.36. The van der Waals surface area contributed by atoms with Gasteiger partial charge >= 0.3 is 0 Å². The second kappa shape index (κ2) is 7.12. The topological polar surface area (TPSA) is 105 Å². The van der Waals surface area contributed by atoms with Gasteiger partial charge in [-0.2, -0.15) is 15.4 Å². The van der Waals surface area contributed by atoms with Crippen molar-refractivity contribution in [1.29, 1.82) is 0 Å². The van der Waals surface area contributed by atoms with Gasteiger partial charge < -0.3 is 16.4 Å². The number of hydrogen-bond donors (Lipinski definition) is 4. The first-order chi connectivity index (χ1) is 14.3. The molecule has 0 unspecified atom stereocenters. The lowest BCUT2D eigenvalue weighted by molar-refractivity contribution is 0.959. The van der Waals surface area contributed by atoms with Crippen LogP contribution >= 0.6 is 0 Å². The Morgan fingerprint density at radius 3 is 2.69 bits per heavy atom. The molecular weight excluding hydrogens is 362 g/mol. The molecule has 0 aliphatic carbocycles. The number of aromatic nitrogens is 4. The molecule has 7 nitrogen and oxygen atoms in total. The highest BCUT2D eigenvalue weighted by molar-refractivity contribution is 5.86. The van der Waals surface area contributed by atoms with Crippen LogP contribution in [0.25, 0.3) is 21.8 Å². The van der Waals surface area contributed by atoms with Gasteiger partial charge in [0.05, 0.1) is 5.69 Å². The number of fused-ring (bicyclic) bond motifs is 2. The normalized spacial score (nSPS) is 11.0. The van der Waals surface area contributed by atoms with Gasteiger partial charge in [0.1, 0.15) is 16.9 Å². The van der Waals surface area contributed by atoms with E-state index in [1.54, 1.807) is 0 Å². The van der Waals surface area contributed by atoms with Crippen molar-refractivity contribution in [2.45, 2.75) is 6.54 Å². The fourth-order valence-electron chi connectivity index (χ4n) is 3.36. The van der Waals surface area contributed by atoms with E-state index in [0.717, 1.165) is 22.5 Å². The average molecular weight is 381 g/mol. The number of nitrogen functional groups attached to an aromatic ring is 1. The summed E-state index contributed by atoms with van der Waals surface area (Å²) in [5.74, 6) is 1.34. The molecule has 5 aromatic rings. The lowest BCUT2D eigenvalue weighted by Crippen LogP contribution is -2.05. The Labute approximate surface area is 167 Å². The lowest BCUT2D eigenvalue weighted by Gasteiger charge is -2.12. The van der Waals surface area contributed by atoms with Gasteiger partial charge in [0.15, 0.2) is 5.82 Å². The van der Waals surface area contributed by atoms with E-state index in [0.29, 0.717) is 18.1 Å². The van der Waals surface area contributed by atoms with Gasteiger partial charge in [-0.15, -0.1) is 0 Å². The van der Waals surface area contributed by atoms with E-state index < -0.39 is 0 Å². The third-order valence-electron chi connectivity index (χ3n) is 4.85. The minimum Gasteiger partial charge on any atom is -0.396 e. The maximum Gasteiger partial charge on any atom is 0.156 e. The molecule has 5 N–H and O–H groups in total. The van der Waals surface area contributed by atoms with E-state index in [1.165, 1.54) is 16.3 Å². The zero-order valence-electron chi connectivity index (χ0n) is 15.6. The van der Waals surface area contributed by atoms with Crippen LogP contribution in [-0.2, 0) is 6.54 Å².